The molecule has 1 heterocycles. The van der Waals surface area contributed by atoms with Gasteiger partial charge < -0.3 is 0 Å². The Morgan fingerprint density at radius 1 is 1.42 bits per heavy atom. The first kappa shape index (κ1) is 14.4. The van der Waals surface area contributed by atoms with Gasteiger partial charge in [-0.2, -0.15) is 0 Å². The number of aryl methyl sites for hydroxylation is 1. The van der Waals surface area contributed by atoms with Crippen LogP contribution in [0.5, 0.6) is 0 Å². The van der Waals surface area contributed by atoms with Gasteiger partial charge in [-0.25, -0.2) is 0 Å². The average molecular weight is 387 g/mol. The van der Waals surface area contributed by atoms with E-state index in [2.05, 4.69) is 45.0 Å². The minimum absolute atomic E-state index is 0.142. The number of halogens is 1. The van der Waals surface area contributed by atoms with Crippen LogP contribution >= 0.6 is 33.9 Å². The molecule has 19 heavy (non-hydrogen) atoms. The van der Waals surface area contributed by atoms with Crippen molar-refractivity contribution >= 4 is 45.0 Å². The fourth-order valence-electron chi connectivity index (χ4n) is 1.53. The van der Waals surface area contributed by atoms with Crippen LogP contribution in [0.1, 0.15) is 35.1 Å². The summed E-state index contributed by atoms with van der Waals surface area (Å²) in [6, 6.07) is 7.44. The van der Waals surface area contributed by atoms with Crippen molar-refractivity contribution in [3.63, 3.8) is 0 Å². The maximum Gasteiger partial charge on any atom is 0.257 e. The summed E-state index contributed by atoms with van der Waals surface area (Å²) < 4.78 is 1.03. The molecule has 1 aromatic carbocycles. The van der Waals surface area contributed by atoms with Gasteiger partial charge >= 0.3 is 0 Å². The van der Waals surface area contributed by atoms with Gasteiger partial charge in [-0.3, -0.25) is 10.1 Å². The third-order valence-corrected chi connectivity index (χ3v) is 4.09. The fraction of sp³-hybridized carbons (Fsp3) is 0.308. The molecule has 2 aromatic rings. The molecule has 100 valence electrons. The number of amides is 1. The second-order valence-corrected chi connectivity index (χ2v) is 6.38. The zero-order chi connectivity index (χ0) is 13.7. The number of benzene rings is 1. The van der Waals surface area contributed by atoms with E-state index < -0.39 is 0 Å². The van der Waals surface area contributed by atoms with Gasteiger partial charge in [0.2, 0.25) is 5.13 Å². The lowest BCUT2D eigenvalue weighted by Gasteiger charge is -2.01. The lowest BCUT2D eigenvalue weighted by molar-refractivity contribution is 0.102. The zero-order valence-corrected chi connectivity index (χ0v) is 13.5. The zero-order valence-electron chi connectivity index (χ0n) is 10.5. The highest BCUT2D eigenvalue weighted by Crippen LogP contribution is 2.18. The third-order valence-electron chi connectivity index (χ3n) is 2.52. The van der Waals surface area contributed by atoms with Crippen LogP contribution in [-0.4, -0.2) is 16.1 Å². The highest BCUT2D eigenvalue weighted by molar-refractivity contribution is 14.1. The monoisotopic (exact) mass is 387 g/mol. The topological polar surface area (TPSA) is 54.9 Å². The van der Waals surface area contributed by atoms with Gasteiger partial charge in [-0.1, -0.05) is 30.7 Å². The van der Waals surface area contributed by atoms with Crippen LogP contribution in [0.3, 0.4) is 0 Å². The van der Waals surface area contributed by atoms with Crippen LogP contribution in [0, 0.1) is 3.57 Å². The van der Waals surface area contributed by atoms with Crippen molar-refractivity contribution < 1.29 is 4.79 Å². The molecule has 0 radical (unpaired) electrons. The van der Waals surface area contributed by atoms with E-state index in [9.17, 15) is 4.79 Å². The van der Waals surface area contributed by atoms with Crippen molar-refractivity contribution in [1.82, 2.24) is 10.2 Å². The largest absolute Gasteiger partial charge is 0.296 e. The van der Waals surface area contributed by atoms with E-state index in [0.29, 0.717) is 10.7 Å². The van der Waals surface area contributed by atoms with Crippen molar-refractivity contribution in [1.29, 1.82) is 0 Å². The van der Waals surface area contributed by atoms with Crippen molar-refractivity contribution in [2.75, 3.05) is 5.32 Å². The van der Waals surface area contributed by atoms with Crippen molar-refractivity contribution in [3.05, 3.63) is 38.4 Å². The quantitative estimate of drug-likeness (QED) is 0.796. The molecule has 0 saturated carbocycles. The van der Waals surface area contributed by atoms with E-state index in [1.165, 1.54) is 11.3 Å². The maximum absolute atomic E-state index is 12.0. The average Bonchev–Trinajstić information content (AvgIpc) is 2.84. The summed E-state index contributed by atoms with van der Waals surface area (Å²) in [7, 11) is 0. The molecule has 0 aliphatic rings. The minimum atomic E-state index is -0.142. The number of nitrogens with one attached hydrogen (secondary N) is 1. The molecule has 0 bridgehead atoms. The van der Waals surface area contributed by atoms with Crippen LogP contribution in [0.4, 0.5) is 5.13 Å². The van der Waals surface area contributed by atoms with Crippen molar-refractivity contribution in [2.45, 2.75) is 26.2 Å². The summed E-state index contributed by atoms with van der Waals surface area (Å²) in [5.74, 6) is -0.142. The Balaban J connectivity index is 2.00. The van der Waals surface area contributed by atoms with E-state index in [0.717, 1.165) is 27.8 Å². The van der Waals surface area contributed by atoms with Crippen LogP contribution < -0.4 is 5.32 Å². The van der Waals surface area contributed by atoms with Gasteiger partial charge in [0.1, 0.15) is 5.01 Å². The first-order chi connectivity index (χ1) is 9.19. The predicted molar refractivity (Wildman–Crippen MR) is 85.6 cm³/mol. The number of hydrogen-bond acceptors (Lipinski definition) is 4. The van der Waals surface area contributed by atoms with Crippen LogP contribution in [0.25, 0.3) is 0 Å². The Hall–Kier alpha value is -1.02. The lowest BCUT2D eigenvalue weighted by atomic mass is 10.2. The second-order valence-electron chi connectivity index (χ2n) is 4.07. The maximum atomic E-state index is 12.0. The number of hydrogen-bond donors (Lipinski definition) is 1. The van der Waals surface area contributed by atoms with Crippen LogP contribution in [0.2, 0.25) is 0 Å². The number of rotatable bonds is 5. The van der Waals surface area contributed by atoms with Gasteiger partial charge in [0, 0.05) is 15.6 Å². The molecule has 1 amide bonds. The summed E-state index contributed by atoms with van der Waals surface area (Å²) in [5.41, 5.74) is 0.636. The first-order valence-electron chi connectivity index (χ1n) is 6.08. The van der Waals surface area contributed by atoms with Crippen molar-refractivity contribution in [2.24, 2.45) is 0 Å². The standard InChI is InChI=1S/C13H14IN3OS/c1-2-3-7-11-16-17-13(19-11)15-12(18)9-5-4-6-10(14)8-9/h4-6,8H,2-3,7H2,1H3,(H,15,17,18). The molecule has 2 rings (SSSR count). The van der Waals surface area contributed by atoms with Gasteiger partial charge in [0.25, 0.3) is 5.91 Å². The number of anilines is 1. The Labute approximate surface area is 129 Å². The van der Waals surface area contributed by atoms with Gasteiger partial charge in [0.05, 0.1) is 0 Å². The molecule has 6 heteroatoms. The SMILES string of the molecule is CCCCc1nnc(NC(=O)c2cccc(I)c2)s1. The molecular formula is C13H14IN3OS. The number of aromatic nitrogens is 2. The first-order valence-corrected chi connectivity index (χ1v) is 7.98. The van der Waals surface area contributed by atoms with Crippen LogP contribution in [0.15, 0.2) is 24.3 Å². The minimum Gasteiger partial charge on any atom is -0.296 e. The van der Waals surface area contributed by atoms with E-state index >= 15 is 0 Å². The molecule has 0 aliphatic carbocycles. The Morgan fingerprint density at radius 3 is 3.00 bits per heavy atom. The highest BCUT2D eigenvalue weighted by Gasteiger charge is 2.10. The Morgan fingerprint density at radius 2 is 2.26 bits per heavy atom. The van der Waals surface area contributed by atoms with Crippen molar-refractivity contribution in [3.8, 4) is 0 Å². The Kier molecular flexibility index (Phi) is 5.26. The van der Waals surface area contributed by atoms with Gasteiger partial charge in [-0.05, 0) is 47.2 Å². The van der Waals surface area contributed by atoms with E-state index in [4.69, 9.17) is 0 Å². The third kappa shape index (κ3) is 4.24. The van der Waals surface area contributed by atoms with Crippen LogP contribution in [-0.2, 0) is 6.42 Å². The molecule has 0 unspecified atom stereocenters. The number of unbranched alkanes of at least 4 members (excludes halogenated alkanes) is 1. The molecule has 4 nitrogen and oxygen atoms in total. The normalized spacial score (nSPS) is 10.4. The van der Waals surface area contributed by atoms with Gasteiger partial charge in [-0.15, -0.1) is 10.2 Å². The Bertz CT molecular complexity index is 571. The summed E-state index contributed by atoms with van der Waals surface area (Å²) in [6.45, 7) is 2.14. The summed E-state index contributed by atoms with van der Waals surface area (Å²) in [4.78, 5) is 12.0. The highest BCUT2D eigenvalue weighted by atomic mass is 127. The number of carbonyl (C=O) groups is 1. The molecule has 1 aromatic heterocycles. The molecule has 0 saturated heterocycles. The molecule has 0 aliphatic heterocycles. The van der Waals surface area contributed by atoms with E-state index in [1.807, 2.05) is 18.2 Å². The lowest BCUT2D eigenvalue weighted by Crippen LogP contribution is -2.11. The molecule has 0 fully saturated rings. The van der Waals surface area contributed by atoms with Gasteiger partial charge in [0.15, 0.2) is 0 Å². The van der Waals surface area contributed by atoms with E-state index in [-0.39, 0.29) is 5.91 Å². The number of nitrogens with zero attached hydrogens (tertiary/aromatic N) is 2. The summed E-state index contributed by atoms with van der Waals surface area (Å²) >= 11 is 3.63. The van der Waals surface area contributed by atoms with E-state index in [1.54, 1.807) is 6.07 Å². The number of carbonyl (C=O) groups excluding carboxylic acids is 1. The summed E-state index contributed by atoms with van der Waals surface area (Å²) in [5, 5.41) is 12.4. The molecule has 1 N–H and O–H groups in total. The molecular weight excluding hydrogens is 373 g/mol. The molecule has 0 atom stereocenters. The fourth-order valence-corrected chi connectivity index (χ4v) is 2.85. The molecule has 0 spiro atoms. The summed E-state index contributed by atoms with van der Waals surface area (Å²) in [6.07, 6.45) is 3.15. The second kappa shape index (κ2) is 6.95. The smallest absolute Gasteiger partial charge is 0.257 e. The predicted octanol–water partition coefficient (Wildman–Crippen LogP) is 3.74.